The summed E-state index contributed by atoms with van der Waals surface area (Å²) in [5.74, 6) is 1.13. The van der Waals surface area contributed by atoms with Crippen molar-refractivity contribution in [2.75, 3.05) is 37.9 Å². The number of carbonyl (C=O) groups excluding carboxylic acids is 2. The molecule has 3 amide bonds. The number of rotatable bonds is 5. The topological polar surface area (TPSA) is 120 Å². The standard InChI is InChI=1S/C17H23N3O6/c1-17(9-21,10-22)19-16(24)18-11-6-15(23)20(8-11)12-2-3-13-14(7-12)26-5-4-25-13/h2-3,7,11,21-22H,4-6,8-10H2,1H3,(H2,18,19,24)/t11-/m0/s1. The molecule has 4 N–H and O–H groups in total. The lowest BCUT2D eigenvalue weighted by molar-refractivity contribution is -0.117. The highest BCUT2D eigenvalue weighted by atomic mass is 16.6. The highest BCUT2D eigenvalue weighted by molar-refractivity contribution is 5.97. The third-order valence-electron chi connectivity index (χ3n) is 4.41. The lowest BCUT2D eigenvalue weighted by atomic mass is 10.1. The summed E-state index contributed by atoms with van der Waals surface area (Å²) in [5, 5.41) is 23.7. The molecule has 0 bridgehead atoms. The fourth-order valence-corrected chi connectivity index (χ4v) is 2.88. The summed E-state index contributed by atoms with van der Waals surface area (Å²) in [7, 11) is 0. The van der Waals surface area contributed by atoms with Crippen LogP contribution in [0.3, 0.4) is 0 Å². The molecule has 0 saturated carbocycles. The van der Waals surface area contributed by atoms with Gasteiger partial charge in [0.15, 0.2) is 11.5 Å². The van der Waals surface area contributed by atoms with Gasteiger partial charge in [-0.1, -0.05) is 0 Å². The van der Waals surface area contributed by atoms with Crippen molar-refractivity contribution in [1.29, 1.82) is 0 Å². The molecule has 1 atom stereocenters. The quantitative estimate of drug-likeness (QED) is 0.564. The van der Waals surface area contributed by atoms with Crippen LogP contribution >= 0.6 is 0 Å². The van der Waals surface area contributed by atoms with Crippen LogP contribution in [0.2, 0.25) is 0 Å². The number of aliphatic hydroxyl groups excluding tert-OH is 2. The first-order valence-electron chi connectivity index (χ1n) is 8.44. The molecule has 1 saturated heterocycles. The van der Waals surface area contributed by atoms with E-state index in [1.807, 2.05) is 0 Å². The van der Waals surface area contributed by atoms with Crippen LogP contribution in [0.1, 0.15) is 13.3 Å². The van der Waals surface area contributed by atoms with Crippen molar-refractivity contribution in [3.8, 4) is 11.5 Å². The second-order valence-corrected chi connectivity index (χ2v) is 6.71. The predicted octanol–water partition coefficient (Wildman–Crippen LogP) is -0.394. The summed E-state index contributed by atoms with van der Waals surface area (Å²) in [4.78, 5) is 26.0. The molecule has 2 aliphatic heterocycles. The third-order valence-corrected chi connectivity index (χ3v) is 4.41. The van der Waals surface area contributed by atoms with Crippen LogP contribution in [0.4, 0.5) is 10.5 Å². The lowest BCUT2D eigenvalue weighted by Crippen LogP contribution is -2.56. The van der Waals surface area contributed by atoms with Crippen molar-refractivity contribution in [2.45, 2.75) is 24.9 Å². The Morgan fingerprint density at radius 1 is 1.27 bits per heavy atom. The summed E-state index contributed by atoms with van der Waals surface area (Å²) in [6, 6.07) is 4.37. The lowest BCUT2D eigenvalue weighted by Gasteiger charge is -2.27. The molecule has 2 heterocycles. The molecule has 9 heteroatoms. The first-order chi connectivity index (χ1) is 12.4. The van der Waals surface area contributed by atoms with Crippen LogP contribution in [0.5, 0.6) is 11.5 Å². The Balaban J connectivity index is 1.63. The SMILES string of the molecule is CC(CO)(CO)NC(=O)N[C@H]1CC(=O)N(c2ccc3c(c2)OCCO3)C1. The maximum Gasteiger partial charge on any atom is 0.315 e. The van der Waals surface area contributed by atoms with Crippen molar-refractivity contribution in [3.05, 3.63) is 18.2 Å². The predicted molar refractivity (Wildman–Crippen MR) is 92.4 cm³/mol. The molecule has 142 valence electrons. The first-order valence-corrected chi connectivity index (χ1v) is 8.44. The number of nitrogens with zero attached hydrogens (tertiary/aromatic N) is 1. The maximum absolute atomic E-state index is 12.3. The minimum Gasteiger partial charge on any atom is -0.486 e. The van der Waals surface area contributed by atoms with E-state index in [2.05, 4.69) is 10.6 Å². The van der Waals surface area contributed by atoms with Gasteiger partial charge in [0.1, 0.15) is 13.2 Å². The summed E-state index contributed by atoms with van der Waals surface area (Å²) in [6.07, 6.45) is 0.164. The molecular weight excluding hydrogens is 342 g/mol. The number of hydrogen-bond acceptors (Lipinski definition) is 6. The minimum absolute atomic E-state index is 0.112. The first kappa shape index (κ1) is 18.3. The Hall–Kier alpha value is -2.52. The van der Waals surface area contributed by atoms with E-state index < -0.39 is 24.8 Å². The largest absolute Gasteiger partial charge is 0.486 e. The molecule has 0 aliphatic carbocycles. The minimum atomic E-state index is -1.12. The van der Waals surface area contributed by atoms with E-state index >= 15 is 0 Å². The Kier molecular flexibility index (Phi) is 5.19. The van der Waals surface area contributed by atoms with Gasteiger partial charge in [0.2, 0.25) is 5.91 Å². The Morgan fingerprint density at radius 2 is 1.96 bits per heavy atom. The molecule has 2 aliphatic rings. The molecule has 3 rings (SSSR count). The molecule has 0 spiro atoms. The van der Waals surface area contributed by atoms with Crippen molar-refractivity contribution in [1.82, 2.24) is 10.6 Å². The van der Waals surface area contributed by atoms with Gasteiger partial charge in [-0.2, -0.15) is 0 Å². The zero-order valence-electron chi connectivity index (χ0n) is 14.5. The van der Waals surface area contributed by atoms with E-state index in [1.165, 1.54) is 6.92 Å². The Bertz CT molecular complexity index is 691. The smallest absolute Gasteiger partial charge is 0.315 e. The summed E-state index contributed by atoms with van der Waals surface area (Å²) in [6.45, 7) is 2.00. The summed E-state index contributed by atoms with van der Waals surface area (Å²) >= 11 is 0. The van der Waals surface area contributed by atoms with Crippen LogP contribution in [0, 0.1) is 0 Å². The second-order valence-electron chi connectivity index (χ2n) is 6.71. The fraction of sp³-hybridized carbons (Fsp3) is 0.529. The van der Waals surface area contributed by atoms with E-state index in [4.69, 9.17) is 9.47 Å². The van der Waals surface area contributed by atoms with Gasteiger partial charge in [0, 0.05) is 24.7 Å². The van der Waals surface area contributed by atoms with Gasteiger partial charge < -0.3 is 35.2 Å². The monoisotopic (exact) mass is 365 g/mol. The second kappa shape index (κ2) is 7.38. The zero-order chi connectivity index (χ0) is 18.7. The molecule has 0 radical (unpaired) electrons. The number of amides is 3. The van der Waals surface area contributed by atoms with Crippen molar-refractivity contribution in [3.63, 3.8) is 0 Å². The number of nitrogens with one attached hydrogen (secondary N) is 2. The fourth-order valence-electron chi connectivity index (χ4n) is 2.88. The molecule has 1 aromatic carbocycles. The molecule has 0 aromatic heterocycles. The molecule has 9 nitrogen and oxygen atoms in total. The molecule has 0 unspecified atom stereocenters. The number of urea groups is 1. The normalized spacial score (nSPS) is 19.4. The Labute approximate surface area is 150 Å². The van der Waals surface area contributed by atoms with Gasteiger partial charge in [0.05, 0.1) is 24.8 Å². The number of carbonyl (C=O) groups is 2. The van der Waals surface area contributed by atoms with E-state index in [1.54, 1.807) is 23.1 Å². The summed E-state index contributed by atoms with van der Waals surface area (Å²) < 4.78 is 11.0. The van der Waals surface area contributed by atoms with E-state index in [0.29, 0.717) is 36.9 Å². The van der Waals surface area contributed by atoms with Crippen LogP contribution in [-0.4, -0.2) is 66.7 Å². The van der Waals surface area contributed by atoms with Crippen molar-refractivity contribution < 1.29 is 29.3 Å². The van der Waals surface area contributed by atoms with Crippen molar-refractivity contribution in [2.24, 2.45) is 0 Å². The van der Waals surface area contributed by atoms with Crippen LogP contribution < -0.4 is 25.0 Å². The van der Waals surface area contributed by atoms with Crippen molar-refractivity contribution >= 4 is 17.6 Å². The maximum atomic E-state index is 12.3. The van der Waals surface area contributed by atoms with Gasteiger partial charge in [-0.05, 0) is 19.1 Å². The molecule has 1 aromatic rings. The van der Waals surface area contributed by atoms with Gasteiger partial charge in [-0.3, -0.25) is 4.79 Å². The van der Waals surface area contributed by atoms with Crippen LogP contribution in [-0.2, 0) is 4.79 Å². The molecule has 1 fully saturated rings. The van der Waals surface area contributed by atoms with Gasteiger partial charge in [-0.15, -0.1) is 0 Å². The van der Waals surface area contributed by atoms with E-state index in [-0.39, 0.29) is 18.4 Å². The van der Waals surface area contributed by atoms with Gasteiger partial charge >= 0.3 is 6.03 Å². The summed E-state index contributed by atoms with van der Waals surface area (Å²) in [5.41, 5.74) is -0.443. The highest BCUT2D eigenvalue weighted by Gasteiger charge is 2.33. The molecule has 26 heavy (non-hydrogen) atoms. The van der Waals surface area contributed by atoms with Gasteiger partial charge in [-0.25, -0.2) is 4.79 Å². The highest BCUT2D eigenvalue weighted by Crippen LogP contribution is 2.35. The number of benzene rings is 1. The number of aliphatic hydroxyl groups is 2. The van der Waals surface area contributed by atoms with Gasteiger partial charge in [0.25, 0.3) is 0 Å². The number of hydrogen-bond donors (Lipinski definition) is 4. The number of ether oxygens (including phenoxy) is 2. The van der Waals surface area contributed by atoms with Crippen LogP contribution in [0.25, 0.3) is 0 Å². The van der Waals surface area contributed by atoms with E-state index in [0.717, 1.165) is 0 Å². The average molecular weight is 365 g/mol. The van der Waals surface area contributed by atoms with E-state index in [9.17, 15) is 19.8 Å². The zero-order valence-corrected chi connectivity index (χ0v) is 14.5. The number of anilines is 1. The third kappa shape index (κ3) is 3.83. The molecular formula is C17H23N3O6. The van der Waals surface area contributed by atoms with Crippen LogP contribution in [0.15, 0.2) is 18.2 Å². The average Bonchev–Trinajstić information content (AvgIpc) is 3.01. The number of fused-ring (bicyclic) bond motifs is 1. The Morgan fingerprint density at radius 3 is 2.65 bits per heavy atom.